The van der Waals surface area contributed by atoms with Crippen LogP contribution in [0.3, 0.4) is 0 Å². The second-order valence-electron chi connectivity index (χ2n) is 6.49. The molecule has 3 rings (SSSR count). The van der Waals surface area contributed by atoms with Crippen molar-refractivity contribution < 1.29 is 9.53 Å². The van der Waals surface area contributed by atoms with Crippen molar-refractivity contribution in [3.63, 3.8) is 0 Å². The zero-order valence-electron chi connectivity index (χ0n) is 13.8. The van der Waals surface area contributed by atoms with Crippen LogP contribution in [0.2, 0.25) is 0 Å². The number of nitrogens with zero attached hydrogens (tertiary/aromatic N) is 1. The first-order chi connectivity index (χ1) is 11.1. The topological polar surface area (TPSA) is 51.2 Å². The van der Waals surface area contributed by atoms with Crippen LogP contribution >= 0.6 is 11.3 Å². The predicted octanol–water partition coefficient (Wildman–Crippen LogP) is 4.54. The molecule has 124 valence electrons. The second kappa shape index (κ2) is 7.30. The highest BCUT2D eigenvalue weighted by atomic mass is 32.1. The van der Waals surface area contributed by atoms with E-state index in [0.717, 1.165) is 16.2 Å². The summed E-state index contributed by atoms with van der Waals surface area (Å²) in [5, 5.41) is 4.57. The number of nitrogens with one attached hydrogen (secondary N) is 1. The van der Waals surface area contributed by atoms with E-state index < -0.39 is 0 Å². The number of hydrogen-bond donors (Lipinski definition) is 1. The first-order valence-electron chi connectivity index (χ1n) is 8.45. The van der Waals surface area contributed by atoms with Gasteiger partial charge in [-0.1, -0.05) is 30.2 Å². The second-order valence-corrected chi connectivity index (χ2v) is 7.52. The number of esters is 1. The molecule has 0 spiro atoms. The van der Waals surface area contributed by atoms with E-state index in [1.165, 1.54) is 30.4 Å². The Labute approximate surface area is 141 Å². The number of rotatable bonds is 6. The van der Waals surface area contributed by atoms with Gasteiger partial charge in [0, 0.05) is 12.5 Å². The van der Waals surface area contributed by atoms with Crippen LogP contribution in [0, 0.1) is 0 Å². The van der Waals surface area contributed by atoms with E-state index in [2.05, 4.69) is 28.5 Å². The van der Waals surface area contributed by atoms with E-state index in [0.29, 0.717) is 18.9 Å². The van der Waals surface area contributed by atoms with Gasteiger partial charge in [0.2, 0.25) is 0 Å². The van der Waals surface area contributed by atoms with Crippen LogP contribution in [-0.2, 0) is 16.0 Å². The minimum Gasteiger partial charge on any atom is -0.463 e. The fourth-order valence-corrected chi connectivity index (χ4v) is 4.01. The average molecular weight is 332 g/mol. The molecule has 1 aromatic carbocycles. The molecule has 0 bridgehead atoms. The molecule has 1 aromatic heterocycles. The number of carbonyl (C=O) groups excluding carboxylic acids is 1. The SMILES string of the molecule is CC(C)OC(=O)CCc1ccc2nc(NC3CCCC3)sc2c1. The van der Waals surface area contributed by atoms with Crippen LogP contribution in [0.15, 0.2) is 18.2 Å². The Hall–Kier alpha value is -1.62. The number of thiazole rings is 1. The lowest BCUT2D eigenvalue weighted by Crippen LogP contribution is -2.13. The number of benzene rings is 1. The molecule has 0 amide bonds. The quantitative estimate of drug-likeness (QED) is 0.789. The van der Waals surface area contributed by atoms with Gasteiger partial charge in [-0.05, 0) is 50.8 Å². The predicted molar refractivity (Wildman–Crippen MR) is 95.0 cm³/mol. The van der Waals surface area contributed by atoms with Gasteiger partial charge in [0.05, 0.1) is 16.3 Å². The van der Waals surface area contributed by atoms with Crippen molar-refractivity contribution in [1.82, 2.24) is 4.98 Å². The van der Waals surface area contributed by atoms with Crippen molar-refractivity contribution in [3.05, 3.63) is 23.8 Å². The first-order valence-corrected chi connectivity index (χ1v) is 9.27. The van der Waals surface area contributed by atoms with Crippen LogP contribution < -0.4 is 5.32 Å². The van der Waals surface area contributed by atoms with Crippen LogP contribution in [0.5, 0.6) is 0 Å². The third-order valence-electron chi connectivity index (χ3n) is 4.12. The summed E-state index contributed by atoms with van der Waals surface area (Å²) >= 11 is 1.70. The Balaban J connectivity index is 1.63. The van der Waals surface area contributed by atoms with Gasteiger partial charge in [-0.15, -0.1) is 0 Å². The summed E-state index contributed by atoms with van der Waals surface area (Å²) < 4.78 is 6.36. The number of aryl methyl sites for hydroxylation is 1. The molecule has 0 radical (unpaired) electrons. The third kappa shape index (κ3) is 4.44. The van der Waals surface area contributed by atoms with Crippen LogP contribution in [0.1, 0.15) is 51.5 Å². The minimum absolute atomic E-state index is 0.0457. The average Bonchev–Trinajstić information content (AvgIpc) is 3.13. The van der Waals surface area contributed by atoms with E-state index in [1.807, 2.05) is 13.8 Å². The Morgan fingerprint density at radius 1 is 1.39 bits per heavy atom. The number of fused-ring (bicyclic) bond motifs is 1. The number of anilines is 1. The maximum atomic E-state index is 11.6. The molecule has 1 aliphatic rings. The number of ether oxygens (including phenoxy) is 1. The van der Waals surface area contributed by atoms with Gasteiger partial charge in [-0.3, -0.25) is 4.79 Å². The van der Waals surface area contributed by atoms with E-state index in [-0.39, 0.29) is 12.1 Å². The Bertz CT molecular complexity index is 675. The summed E-state index contributed by atoms with van der Waals surface area (Å²) in [6.45, 7) is 3.75. The van der Waals surface area contributed by atoms with E-state index in [1.54, 1.807) is 11.3 Å². The molecule has 1 aliphatic carbocycles. The maximum absolute atomic E-state index is 11.6. The molecule has 1 saturated carbocycles. The summed E-state index contributed by atoms with van der Waals surface area (Å²) in [4.78, 5) is 16.3. The van der Waals surface area contributed by atoms with Gasteiger partial charge in [0.1, 0.15) is 0 Å². The van der Waals surface area contributed by atoms with E-state index in [9.17, 15) is 4.79 Å². The zero-order valence-corrected chi connectivity index (χ0v) is 14.6. The maximum Gasteiger partial charge on any atom is 0.306 e. The summed E-state index contributed by atoms with van der Waals surface area (Å²) in [7, 11) is 0. The Morgan fingerprint density at radius 2 is 2.17 bits per heavy atom. The molecular weight excluding hydrogens is 308 g/mol. The van der Waals surface area contributed by atoms with Gasteiger partial charge < -0.3 is 10.1 Å². The monoisotopic (exact) mass is 332 g/mol. The van der Waals surface area contributed by atoms with Crippen molar-refractivity contribution in [2.24, 2.45) is 0 Å². The Kier molecular flexibility index (Phi) is 5.16. The van der Waals surface area contributed by atoms with Gasteiger partial charge in [-0.25, -0.2) is 4.98 Å². The summed E-state index contributed by atoms with van der Waals surface area (Å²) in [6, 6.07) is 6.84. The summed E-state index contributed by atoms with van der Waals surface area (Å²) in [5.41, 5.74) is 2.19. The lowest BCUT2D eigenvalue weighted by Gasteiger charge is -2.09. The van der Waals surface area contributed by atoms with Crippen molar-refractivity contribution in [3.8, 4) is 0 Å². The van der Waals surface area contributed by atoms with Gasteiger partial charge in [0.25, 0.3) is 0 Å². The molecule has 4 nitrogen and oxygen atoms in total. The van der Waals surface area contributed by atoms with Gasteiger partial charge in [-0.2, -0.15) is 0 Å². The fraction of sp³-hybridized carbons (Fsp3) is 0.556. The van der Waals surface area contributed by atoms with Crippen LogP contribution in [-0.4, -0.2) is 23.1 Å². The van der Waals surface area contributed by atoms with Crippen molar-refractivity contribution >= 4 is 32.7 Å². The molecule has 0 atom stereocenters. The number of carbonyl (C=O) groups is 1. The summed E-state index contributed by atoms with van der Waals surface area (Å²) in [5.74, 6) is -0.131. The zero-order chi connectivity index (χ0) is 16.2. The van der Waals surface area contributed by atoms with Gasteiger partial charge in [0.15, 0.2) is 5.13 Å². The third-order valence-corrected chi connectivity index (χ3v) is 5.07. The number of aromatic nitrogens is 1. The summed E-state index contributed by atoms with van der Waals surface area (Å²) in [6.07, 6.45) is 6.23. The van der Waals surface area contributed by atoms with Gasteiger partial charge >= 0.3 is 5.97 Å². The molecule has 0 aliphatic heterocycles. The molecule has 5 heteroatoms. The molecular formula is C18H24N2O2S. The van der Waals surface area contributed by atoms with Crippen LogP contribution in [0.4, 0.5) is 5.13 Å². The van der Waals surface area contributed by atoms with Crippen molar-refractivity contribution in [2.45, 2.75) is 64.5 Å². The van der Waals surface area contributed by atoms with E-state index >= 15 is 0 Å². The highest BCUT2D eigenvalue weighted by molar-refractivity contribution is 7.22. The van der Waals surface area contributed by atoms with Crippen molar-refractivity contribution in [1.29, 1.82) is 0 Å². The fourth-order valence-electron chi connectivity index (χ4n) is 3.00. The van der Waals surface area contributed by atoms with Crippen LogP contribution in [0.25, 0.3) is 10.2 Å². The van der Waals surface area contributed by atoms with Crippen molar-refractivity contribution in [2.75, 3.05) is 5.32 Å². The standard InChI is InChI=1S/C18H24N2O2S/c1-12(2)22-17(21)10-8-13-7-9-15-16(11-13)23-18(20-15)19-14-5-3-4-6-14/h7,9,11-12,14H,3-6,8,10H2,1-2H3,(H,19,20). The molecule has 0 saturated heterocycles. The molecule has 2 aromatic rings. The lowest BCUT2D eigenvalue weighted by atomic mass is 10.1. The smallest absolute Gasteiger partial charge is 0.306 e. The lowest BCUT2D eigenvalue weighted by molar-refractivity contribution is -0.147. The Morgan fingerprint density at radius 3 is 2.91 bits per heavy atom. The molecule has 0 unspecified atom stereocenters. The molecule has 23 heavy (non-hydrogen) atoms. The number of hydrogen-bond acceptors (Lipinski definition) is 5. The normalized spacial score (nSPS) is 15.4. The molecule has 1 fully saturated rings. The highest BCUT2D eigenvalue weighted by Crippen LogP contribution is 2.30. The minimum atomic E-state index is -0.131. The highest BCUT2D eigenvalue weighted by Gasteiger charge is 2.16. The molecule has 1 heterocycles. The molecule has 1 N–H and O–H groups in total. The largest absolute Gasteiger partial charge is 0.463 e. The van der Waals surface area contributed by atoms with E-state index in [4.69, 9.17) is 4.74 Å². The first kappa shape index (κ1) is 16.2.